The van der Waals surface area contributed by atoms with E-state index in [-0.39, 0.29) is 0 Å². The number of nitrogens with zero attached hydrogens (tertiary/aromatic N) is 2. The van der Waals surface area contributed by atoms with Gasteiger partial charge in [-0.15, -0.1) is 0 Å². The van der Waals surface area contributed by atoms with E-state index in [1.165, 1.54) is 38.6 Å². The number of rotatable bonds is 3. The van der Waals surface area contributed by atoms with Crippen LogP contribution in [-0.2, 0) is 4.79 Å². The van der Waals surface area contributed by atoms with Gasteiger partial charge < -0.3 is 10.2 Å². The molecule has 3 fully saturated rings. The van der Waals surface area contributed by atoms with Gasteiger partial charge in [-0.2, -0.15) is 0 Å². The van der Waals surface area contributed by atoms with Gasteiger partial charge >= 0.3 is 0 Å². The maximum Gasteiger partial charge on any atom is 0.222 e. The maximum absolute atomic E-state index is 12.6. The fourth-order valence-corrected chi connectivity index (χ4v) is 4.34. The minimum atomic E-state index is 0.403. The van der Waals surface area contributed by atoms with Crippen LogP contribution in [0.1, 0.15) is 51.9 Å². The molecule has 2 unspecified atom stereocenters. The third-order valence-electron chi connectivity index (χ3n) is 5.73. The van der Waals surface area contributed by atoms with Crippen LogP contribution in [0.5, 0.6) is 0 Å². The lowest BCUT2D eigenvalue weighted by Crippen LogP contribution is -2.60. The van der Waals surface area contributed by atoms with Crippen molar-refractivity contribution in [2.24, 2.45) is 5.92 Å². The van der Waals surface area contributed by atoms with Crippen molar-refractivity contribution >= 4 is 5.91 Å². The van der Waals surface area contributed by atoms with Gasteiger partial charge in [-0.05, 0) is 64.6 Å². The lowest BCUT2D eigenvalue weighted by atomic mass is 9.92. The Bertz CT molecular complexity index is 354. The molecule has 21 heavy (non-hydrogen) atoms. The summed E-state index contributed by atoms with van der Waals surface area (Å²) in [5.41, 5.74) is 0. The van der Waals surface area contributed by atoms with Crippen molar-refractivity contribution < 1.29 is 4.79 Å². The zero-order chi connectivity index (χ0) is 14.7. The van der Waals surface area contributed by atoms with Gasteiger partial charge in [0.15, 0.2) is 0 Å². The molecule has 3 heterocycles. The van der Waals surface area contributed by atoms with Crippen molar-refractivity contribution in [2.45, 2.75) is 64.0 Å². The molecule has 0 aliphatic carbocycles. The molecule has 3 saturated heterocycles. The standard InChI is InChI=1S/C17H31N3O/c1-14-12-19-11-3-2-4-16(19)13-20(14)17(21)6-5-15-7-9-18-10-8-15/h14-16,18H,2-13H2,1H3. The van der Waals surface area contributed by atoms with Crippen LogP contribution in [0.25, 0.3) is 0 Å². The van der Waals surface area contributed by atoms with Gasteiger partial charge in [0.25, 0.3) is 0 Å². The highest BCUT2D eigenvalue weighted by molar-refractivity contribution is 5.76. The van der Waals surface area contributed by atoms with E-state index in [2.05, 4.69) is 22.0 Å². The topological polar surface area (TPSA) is 35.6 Å². The Morgan fingerprint density at radius 1 is 1.14 bits per heavy atom. The third kappa shape index (κ3) is 3.78. The monoisotopic (exact) mass is 293 g/mol. The molecule has 1 amide bonds. The summed E-state index contributed by atoms with van der Waals surface area (Å²) in [5, 5.41) is 3.40. The summed E-state index contributed by atoms with van der Waals surface area (Å²) < 4.78 is 0. The molecule has 0 bridgehead atoms. The number of piperidine rings is 2. The molecule has 2 atom stereocenters. The number of hydrogen-bond acceptors (Lipinski definition) is 3. The summed E-state index contributed by atoms with van der Waals surface area (Å²) in [4.78, 5) is 17.4. The molecule has 3 aliphatic rings. The van der Waals surface area contributed by atoms with Crippen molar-refractivity contribution in [3.63, 3.8) is 0 Å². The highest BCUT2D eigenvalue weighted by Gasteiger charge is 2.35. The molecule has 0 saturated carbocycles. The number of carbonyl (C=O) groups is 1. The first-order valence-corrected chi connectivity index (χ1v) is 8.98. The summed E-state index contributed by atoms with van der Waals surface area (Å²) in [7, 11) is 0. The molecule has 120 valence electrons. The summed E-state index contributed by atoms with van der Waals surface area (Å²) in [6, 6.07) is 1.04. The van der Waals surface area contributed by atoms with Gasteiger partial charge in [0.2, 0.25) is 5.91 Å². The number of fused-ring (bicyclic) bond motifs is 1. The minimum absolute atomic E-state index is 0.403. The Labute approximate surface area is 129 Å². The highest BCUT2D eigenvalue weighted by atomic mass is 16.2. The first-order valence-electron chi connectivity index (χ1n) is 8.98. The van der Waals surface area contributed by atoms with Crippen LogP contribution in [0.3, 0.4) is 0 Å². The smallest absolute Gasteiger partial charge is 0.222 e. The second-order valence-corrected chi connectivity index (χ2v) is 7.27. The van der Waals surface area contributed by atoms with Crippen LogP contribution in [0, 0.1) is 5.92 Å². The summed E-state index contributed by atoms with van der Waals surface area (Å²) >= 11 is 0. The minimum Gasteiger partial charge on any atom is -0.337 e. The van der Waals surface area contributed by atoms with Crippen LogP contribution in [-0.4, -0.2) is 60.5 Å². The summed E-state index contributed by atoms with van der Waals surface area (Å²) in [6.07, 6.45) is 8.32. The second kappa shape index (κ2) is 7.10. The average Bonchev–Trinajstić information content (AvgIpc) is 2.53. The van der Waals surface area contributed by atoms with Gasteiger partial charge in [0.1, 0.15) is 0 Å². The van der Waals surface area contributed by atoms with E-state index < -0.39 is 0 Å². The van der Waals surface area contributed by atoms with Crippen LogP contribution in [0.15, 0.2) is 0 Å². The fraction of sp³-hybridized carbons (Fsp3) is 0.941. The van der Waals surface area contributed by atoms with Gasteiger partial charge in [-0.3, -0.25) is 9.69 Å². The van der Waals surface area contributed by atoms with Crippen molar-refractivity contribution in [1.82, 2.24) is 15.1 Å². The Morgan fingerprint density at radius 3 is 2.76 bits per heavy atom. The molecule has 4 nitrogen and oxygen atoms in total. The number of nitrogens with one attached hydrogen (secondary N) is 1. The largest absolute Gasteiger partial charge is 0.337 e. The third-order valence-corrected chi connectivity index (χ3v) is 5.73. The molecule has 0 spiro atoms. The molecule has 3 rings (SSSR count). The molecule has 3 aliphatic heterocycles. The Hall–Kier alpha value is -0.610. The molecule has 0 aromatic rings. The van der Waals surface area contributed by atoms with Gasteiger partial charge in [-0.1, -0.05) is 6.42 Å². The zero-order valence-corrected chi connectivity index (χ0v) is 13.5. The van der Waals surface area contributed by atoms with Gasteiger partial charge in [0, 0.05) is 31.6 Å². The van der Waals surface area contributed by atoms with E-state index in [4.69, 9.17) is 0 Å². The zero-order valence-electron chi connectivity index (χ0n) is 13.5. The van der Waals surface area contributed by atoms with Crippen LogP contribution >= 0.6 is 0 Å². The number of hydrogen-bond donors (Lipinski definition) is 1. The predicted molar refractivity (Wildman–Crippen MR) is 85.2 cm³/mol. The van der Waals surface area contributed by atoms with E-state index in [1.807, 2.05) is 0 Å². The lowest BCUT2D eigenvalue weighted by molar-refractivity contribution is -0.138. The summed E-state index contributed by atoms with van der Waals surface area (Å²) in [5.74, 6) is 1.17. The molecule has 0 aromatic carbocycles. The molecule has 4 heteroatoms. The Morgan fingerprint density at radius 2 is 1.95 bits per heavy atom. The Kier molecular flexibility index (Phi) is 5.17. The van der Waals surface area contributed by atoms with Gasteiger partial charge in [0.05, 0.1) is 0 Å². The van der Waals surface area contributed by atoms with E-state index in [1.54, 1.807) is 0 Å². The average molecular weight is 293 g/mol. The molecule has 1 N–H and O–H groups in total. The number of amides is 1. The van der Waals surface area contributed by atoms with E-state index in [0.717, 1.165) is 44.9 Å². The quantitative estimate of drug-likeness (QED) is 0.862. The second-order valence-electron chi connectivity index (χ2n) is 7.27. The fourth-order valence-electron chi connectivity index (χ4n) is 4.34. The van der Waals surface area contributed by atoms with Gasteiger partial charge in [-0.25, -0.2) is 0 Å². The normalized spacial score (nSPS) is 32.0. The molecular weight excluding hydrogens is 262 g/mol. The van der Waals surface area contributed by atoms with Crippen molar-refractivity contribution in [1.29, 1.82) is 0 Å². The Balaban J connectivity index is 1.49. The van der Waals surface area contributed by atoms with Crippen molar-refractivity contribution in [3.05, 3.63) is 0 Å². The number of carbonyl (C=O) groups excluding carboxylic acids is 1. The van der Waals surface area contributed by atoms with Crippen molar-refractivity contribution in [3.8, 4) is 0 Å². The first-order chi connectivity index (χ1) is 10.2. The SMILES string of the molecule is CC1CN2CCCCC2CN1C(=O)CCC1CCNCC1. The van der Waals surface area contributed by atoms with Crippen molar-refractivity contribution in [2.75, 3.05) is 32.7 Å². The lowest BCUT2D eigenvalue weighted by Gasteiger charge is -2.47. The highest BCUT2D eigenvalue weighted by Crippen LogP contribution is 2.25. The number of piperazine rings is 1. The molecule has 0 aromatic heterocycles. The van der Waals surface area contributed by atoms with Crippen LogP contribution in [0.4, 0.5) is 0 Å². The van der Waals surface area contributed by atoms with E-state index in [0.29, 0.717) is 18.0 Å². The van der Waals surface area contributed by atoms with E-state index in [9.17, 15) is 4.79 Å². The van der Waals surface area contributed by atoms with Crippen LogP contribution in [0.2, 0.25) is 0 Å². The summed E-state index contributed by atoms with van der Waals surface area (Å²) in [6.45, 7) is 7.81. The maximum atomic E-state index is 12.6. The first kappa shape index (κ1) is 15.3. The molecular formula is C17H31N3O. The van der Waals surface area contributed by atoms with Crippen LogP contribution < -0.4 is 5.32 Å². The van der Waals surface area contributed by atoms with E-state index >= 15 is 0 Å². The predicted octanol–water partition coefficient (Wildman–Crippen LogP) is 1.85. The molecule has 0 radical (unpaired) electrons.